The molecule has 1 aromatic carbocycles. The molecular weight excluding hydrogens is 385 g/mol. The van der Waals surface area contributed by atoms with Gasteiger partial charge in [0.05, 0.1) is 17.6 Å². The molecule has 2 aromatic rings. The number of aromatic nitrogens is 2. The summed E-state index contributed by atoms with van der Waals surface area (Å²) in [6.07, 6.45) is -3.01. The lowest BCUT2D eigenvalue weighted by molar-refractivity contribution is -0.137. The highest BCUT2D eigenvalue weighted by Gasteiger charge is 2.31. The Labute approximate surface area is 166 Å². The zero-order valence-electron chi connectivity index (χ0n) is 16.3. The second-order valence-corrected chi connectivity index (χ2v) is 7.35. The second-order valence-electron chi connectivity index (χ2n) is 7.35. The summed E-state index contributed by atoms with van der Waals surface area (Å²) in [5.41, 5.74) is 0.190. The molecule has 1 aliphatic rings. The van der Waals surface area contributed by atoms with Gasteiger partial charge in [0, 0.05) is 37.9 Å². The average molecular weight is 408 g/mol. The number of benzene rings is 1. The molecule has 156 valence electrons. The fourth-order valence-corrected chi connectivity index (χ4v) is 3.21. The molecule has 1 aliphatic heterocycles. The number of halogens is 3. The smallest absolute Gasteiger partial charge is 0.368 e. The fraction of sp³-hybridized carbons (Fsp3) is 0.450. The van der Waals surface area contributed by atoms with E-state index in [9.17, 15) is 22.8 Å². The Morgan fingerprint density at radius 2 is 1.83 bits per heavy atom. The molecule has 1 fully saturated rings. The number of hydrogen-bond acceptors (Lipinski definition) is 4. The van der Waals surface area contributed by atoms with E-state index in [1.54, 1.807) is 11.0 Å². The average Bonchev–Trinajstić information content (AvgIpc) is 2.69. The molecule has 0 bridgehead atoms. The first-order valence-electron chi connectivity index (χ1n) is 9.41. The minimum Gasteiger partial charge on any atom is -0.368 e. The molecule has 0 unspecified atom stereocenters. The van der Waals surface area contributed by atoms with E-state index in [1.165, 1.54) is 23.0 Å². The number of carbonyl (C=O) groups excluding carboxylic acids is 1. The van der Waals surface area contributed by atoms with E-state index >= 15 is 0 Å². The van der Waals surface area contributed by atoms with Crippen molar-refractivity contribution in [1.82, 2.24) is 14.5 Å². The molecule has 9 heteroatoms. The molecule has 3 rings (SSSR count). The standard InChI is InChI=1S/C20H23F3N4O2/c1-14(2)17-11-18(28)27(13-24-17)12-19(29)26-8-6-25(7-9-26)16-5-3-4-15(10-16)20(21,22)23/h3-5,10-11,13-14H,6-9,12H2,1-2H3. The predicted molar refractivity (Wildman–Crippen MR) is 103 cm³/mol. The summed E-state index contributed by atoms with van der Waals surface area (Å²) < 4.78 is 40.0. The van der Waals surface area contributed by atoms with Gasteiger partial charge >= 0.3 is 6.18 Å². The van der Waals surface area contributed by atoms with E-state index in [2.05, 4.69) is 4.98 Å². The van der Waals surface area contributed by atoms with Gasteiger partial charge in [0.25, 0.3) is 5.56 Å². The number of nitrogens with zero attached hydrogens (tertiary/aromatic N) is 4. The Balaban J connectivity index is 1.61. The van der Waals surface area contributed by atoms with Crippen LogP contribution in [0, 0.1) is 0 Å². The number of hydrogen-bond donors (Lipinski definition) is 0. The van der Waals surface area contributed by atoms with Crippen molar-refractivity contribution >= 4 is 11.6 Å². The van der Waals surface area contributed by atoms with Crippen LogP contribution in [0.5, 0.6) is 0 Å². The van der Waals surface area contributed by atoms with Crippen molar-refractivity contribution in [3.05, 3.63) is 58.3 Å². The van der Waals surface area contributed by atoms with Crippen LogP contribution in [0.4, 0.5) is 18.9 Å². The van der Waals surface area contributed by atoms with Gasteiger partial charge in [-0.2, -0.15) is 13.2 Å². The number of carbonyl (C=O) groups is 1. The van der Waals surface area contributed by atoms with Gasteiger partial charge in [-0.05, 0) is 24.1 Å². The highest BCUT2D eigenvalue weighted by atomic mass is 19.4. The lowest BCUT2D eigenvalue weighted by atomic mass is 10.1. The molecular formula is C20H23F3N4O2. The van der Waals surface area contributed by atoms with Crippen molar-refractivity contribution in [3.63, 3.8) is 0 Å². The number of amides is 1. The van der Waals surface area contributed by atoms with E-state index in [1.807, 2.05) is 18.7 Å². The van der Waals surface area contributed by atoms with Crippen molar-refractivity contribution in [3.8, 4) is 0 Å². The van der Waals surface area contributed by atoms with Gasteiger partial charge < -0.3 is 9.80 Å². The normalized spacial score (nSPS) is 15.1. The van der Waals surface area contributed by atoms with E-state index in [-0.39, 0.29) is 23.9 Å². The largest absolute Gasteiger partial charge is 0.416 e. The third kappa shape index (κ3) is 4.96. The molecule has 1 aromatic heterocycles. The van der Waals surface area contributed by atoms with Crippen molar-refractivity contribution in [2.45, 2.75) is 32.5 Å². The number of anilines is 1. The molecule has 0 spiro atoms. The van der Waals surface area contributed by atoms with Crippen LogP contribution in [0.1, 0.15) is 31.0 Å². The Morgan fingerprint density at radius 1 is 1.14 bits per heavy atom. The summed E-state index contributed by atoms with van der Waals surface area (Å²) in [7, 11) is 0. The molecule has 0 saturated carbocycles. The number of piperazine rings is 1. The van der Waals surface area contributed by atoms with Crippen LogP contribution in [0.15, 0.2) is 41.5 Å². The molecule has 0 atom stereocenters. The van der Waals surface area contributed by atoms with E-state index < -0.39 is 11.7 Å². The summed E-state index contributed by atoms with van der Waals surface area (Å²) in [6.45, 7) is 5.36. The lowest BCUT2D eigenvalue weighted by Gasteiger charge is -2.36. The summed E-state index contributed by atoms with van der Waals surface area (Å²) in [5, 5.41) is 0. The molecule has 6 nitrogen and oxygen atoms in total. The zero-order chi connectivity index (χ0) is 21.2. The maximum atomic E-state index is 12.9. The topological polar surface area (TPSA) is 58.4 Å². The van der Waals surface area contributed by atoms with Gasteiger partial charge in [0.1, 0.15) is 6.54 Å². The van der Waals surface area contributed by atoms with Crippen molar-refractivity contribution in [2.24, 2.45) is 0 Å². The summed E-state index contributed by atoms with van der Waals surface area (Å²) in [4.78, 5) is 32.4. The minimum atomic E-state index is -4.39. The first kappa shape index (κ1) is 20.9. The fourth-order valence-electron chi connectivity index (χ4n) is 3.21. The van der Waals surface area contributed by atoms with Gasteiger partial charge in [0.2, 0.25) is 5.91 Å². The van der Waals surface area contributed by atoms with Crippen LogP contribution >= 0.6 is 0 Å². The SMILES string of the molecule is CC(C)c1cc(=O)n(CC(=O)N2CCN(c3cccc(C(F)(F)F)c3)CC2)cn1. The highest BCUT2D eigenvalue weighted by molar-refractivity contribution is 5.76. The van der Waals surface area contributed by atoms with Gasteiger partial charge in [-0.15, -0.1) is 0 Å². The van der Waals surface area contributed by atoms with Crippen LogP contribution in [-0.4, -0.2) is 46.5 Å². The van der Waals surface area contributed by atoms with Crippen molar-refractivity contribution < 1.29 is 18.0 Å². The van der Waals surface area contributed by atoms with E-state index in [0.717, 1.165) is 12.1 Å². The third-order valence-electron chi connectivity index (χ3n) is 4.97. The first-order chi connectivity index (χ1) is 13.6. The lowest BCUT2D eigenvalue weighted by Crippen LogP contribution is -2.50. The van der Waals surface area contributed by atoms with Crippen molar-refractivity contribution in [2.75, 3.05) is 31.1 Å². The zero-order valence-corrected chi connectivity index (χ0v) is 16.3. The van der Waals surface area contributed by atoms with E-state index in [4.69, 9.17) is 0 Å². The first-order valence-corrected chi connectivity index (χ1v) is 9.41. The van der Waals surface area contributed by atoms with Crippen LogP contribution < -0.4 is 10.5 Å². The van der Waals surface area contributed by atoms with Gasteiger partial charge in [-0.25, -0.2) is 4.98 Å². The molecule has 2 heterocycles. The minimum absolute atomic E-state index is 0.103. The van der Waals surface area contributed by atoms with Gasteiger partial charge in [-0.3, -0.25) is 14.2 Å². The van der Waals surface area contributed by atoms with Crippen LogP contribution in [0.25, 0.3) is 0 Å². The Morgan fingerprint density at radius 3 is 2.41 bits per heavy atom. The Hall–Kier alpha value is -2.84. The molecule has 0 N–H and O–H groups in total. The Kier molecular flexibility index (Phi) is 5.95. The monoisotopic (exact) mass is 408 g/mol. The second kappa shape index (κ2) is 8.26. The third-order valence-corrected chi connectivity index (χ3v) is 4.97. The highest BCUT2D eigenvalue weighted by Crippen LogP contribution is 2.31. The predicted octanol–water partition coefficient (Wildman–Crippen LogP) is 2.73. The molecule has 29 heavy (non-hydrogen) atoms. The number of alkyl halides is 3. The van der Waals surface area contributed by atoms with Crippen LogP contribution in [-0.2, 0) is 17.5 Å². The molecule has 1 amide bonds. The maximum absolute atomic E-state index is 12.9. The summed E-state index contributed by atoms with van der Waals surface area (Å²) in [5.74, 6) is -0.0909. The molecule has 0 radical (unpaired) electrons. The maximum Gasteiger partial charge on any atom is 0.416 e. The molecule has 1 saturated heterocycles. The van der Waals surface area contributed by atoms with Crippen molar-refractivity contribution in [1.29, 1.82) is 0 Å². The Bertz CT molecular complexity index is 932. The van der Waals surface area contributed by atoms with Gasteiger partial charge in [0.15, 0.2) is 0 Å². The molecule has 0 aliphatic carbocycles. The number of rotatable bonds is 4. The van der Waals surface area contributed by atoms with Crippen LogP contribution in [0.2, 0.25) is 0 Å². The van der Waals surface area contributed by atoms with Crippen LogP contribution in [0.3, 0.4) is 0 Å². The van der Waals surface area contributed by atoms with Gasteiger partial charge in [-0.1, -0.05) is 19.9 Å². The summed E-state index contributed by atoms with van der Waals surface area (Å²) >= 11 is 0. The quantitative estimate of drug-likeness (QED) is 0.781. The van der Waals surface area contributed by atoms with E-state index in [0.29, 0.717) is 37.6 Å². The summed E-state index contributed by atoms with van der Waals surface area (Å²) in [6, 6.07) is 6.62.